The smallest absolute Gasteiger partial charge is 0.338 e. The topological polar surface area (TPSA) is 91.2 Å². The van der Waals surface area contributed by atoms with Crippen LogP contribution in [0.1, 0.15) is 10.4 Å². The van der Waals surface area contributed by atoms with Crippen LogP contribution in [-0.4, -0.2) is 23.0 Å². The van der Waals surface area contributed by atoms with E-state index in [1.54, 1.807) is 35.2 Å². The molecule has 5 aromatic rings. The molecule has 0 unspecified atom stereocenters. The van der Waals surface area contributed by atoms with Gasteiger partial charge in [-0.1, -0.05) is 0 Å². The fourth-order valence-electron chi connectivity index (χ4n) is 3.15. The van der Waals surface area contributed by atoms with Gasteiger partial charge in [0.2, 0.25) is 0 Å². The quantitative estimate of drug-likeness (QED) is 0.413. The average Bonchev–Trinajstić information content (AvgIpc) is 3.45. The number of aromatic nitrogens is 2. The Bertz CT molecular complexity index is 1350. The maximum Gasteiger partial charge on any atom is 0.338 e. The van der Waals surface area contributed by atoms with Gasteiger partial charge >= 0.3 is 5.97 Å². The third kappa shape index (κ3) is 2.57. The Hall–Kier alpha value is -3.23. The first kappa shape index (κ1) is 16.9. The molecule has 0 fully saturated rings. The zero-order valence-corrected chi connectivity index (χ0v) is 16.3. The highest BCUT2D eigenvalue weighted by Gasteiger charge is 2.18. The van der Waals surface area contributed by atoms with Crippen molar-refractivity contribution in [3.8, 4) is 21.8 Å². The van der Waals surface area contributed by atoms with Crippen LogP contribution in [0, 0.1) is 0 Å². The largest absolute Gasteiger partial charge is 0.465 e. The summed E-state index contributed by atoms with van der Waals surface area (Å²) in [7, 11) is 1.37. The van der Waals surface area contributed by atoms with Gasteiger partial charge in [-0.15, -0.1) is 22.7 Å². The minimum atomic E-state index is -0.367. The van der Waals surface area contributed by atoms with E-state index < -0.39 is 0 Å². The molecular weight excluding hydrogens is 394 g/mol. The summed E-state index contributed by atoms with van der Waals surface area (Å²) in [6.07, 6.45) is 5.32. The van der Waals surface area contributed by atoms with Gasteiger partial charge in [0.25, 0.3) is 0 Å². The van der Waals surface area contributed by atoms with Crippen molar-refractivity contribution in [2.24, 2.45) is 0 Å². The second-order valence-electron chi connectivity index (χ2n) is 6.12. The number of thiophene rings is 2. The van der Waals surface area contributed by atoms with Crippen LogP contribution in [0.15, 0.2) is 52.0 Å². The number of furan rings is 1. The maximum atomic E-state index is 11.8. The molecule has 8 heteroatoms. The van der Waals surface area contributed by atoms with Crippen molar-refractivity contribution in [1.29, 1.82) is 0 Å². The van der Waals surface area contributed by atoms with Gasteiger partial charge in [0.1, 0.15) is 5.76 Å². The minimum absolute atomic E-state index is 0.330. The van der Waals surface area contributed by atoms with Crippen LogP contribution >= 0.6 is 22.7 Å². The lowest BCUT2D eigenvalue weighted by molar-refractivity contribution is 0.0601. The third-order valence-electron chi connectivity index (χ3n) is 4.52. The van der Waals surface area contributed by atoms with Crippen molar-refractivity contribution < 1.29 is 13.9 Å². The zero-order chi connectivity index (χ0) is 19.3. The second kappa shape index (κ2) is 6.43. The van der Waals surface area contributed by atoms with Crippen LogP contribution in [-0.2, 0) is 4.74 Å². The van der Waals surface area contributed by atoms with Gasteiger partial charge in [0, 0.05) is 56.1 Å². The molecule has 0 aliphatic carbocycles. The molecule has 6 nitrogen and oxygen atoms in total. The highest BCUT2D eigenvalue weighted by Crippen LogP contribution is 2.41. The monoisotopic (exact) mass is 407 g/mol. The number of anilines is 1. The number of hydrogen-bond donors (Lipinski definition) is 1. The number of fused-ring (bicyclic) bond motifs is 2. The van der Waals surface area contributed by atoms with Gasteiger partial charge < -0.3 is 14.9 Å². The standard InChI is InChI=1S/C20H13N3O3S2/c1-25-20(24)10-4-16(27-8-10)13-6-23-19(21)18-12(13)5-15(26-18)14-9-28-17-7-22-3-2-11(14)17/h2-9H,1H3,(H2,21,23). The first-order valence-electron chi connectivity index (χ1n) is 8.32. The van der Waals surface area contributed by atoms with E-state index in [-0.39, 0.29) is 5.97 Å². The lowest BCUT2D eigenvalue weighted by Crippen LogP contribution is -1.98. The van der Waals surface area contributed by atoms with Gasteiger partial charge in [0.15, 0.2) is 11.4 Å². The molecule has 0 aliphatic rings. The predicted octanol–water partition coefficient (Wildman–Crippen LogP) is 5.20. The second-order valence-corrected chi connectivity index (χ2v) is 7.95. The number of hydrogen-bond acceptors (Lipinski definition) is 8. The van der Waals surface area contributed by atoms with Crippen molar-refractivity contribution in [1.82, 2.24) is 9.97 Å². The average molecular weight is 407 g/mol. The van der Waals surface area contributed by atoms with Gasteiger partial charge in [-0.05, 0) is 18.2 Å². The summed E-state index contributed by atoms with van der Waals surface area (Å²) >= 11 is 3.06. The molecule has 0 aliphatic heterocycles. The molecule has 0 saturated heterocycles. The normalized spacial score (nSPS) is 11.3. The molecule has 0 spiro atoms. The van der Waals surface area contributed by atoms with Crippen molar-refractivity contribution in [3.63, 3.8) is 0 Å². The zero-order valence-electron chi connectivity index (χ0n) is 14.6. The van der Waals surface area contributed by atoms with Crippen LogP contribution in [0.3, 0.4) is 0 Å². The Morgan fingerprint density at radius 2 is 2.04 bits per heavy atom. The van der Waals surface area contributed by atoms with E-state index >= 15 is 0 Å². The fourth-order valence-corrected chi connectivity index (χ4v) is 4.97. The number of nitrogen functional groups attached to an aromatic ring is 1. The summed E-state index contributed by atoms with van der Waals surface area (Å²) in [6.45, 7) is 0. The molecule has 138 valence electrons. The Morgan fingerprint density at radius 1 is 1.14 bits per heavy atom. The Labute approximate surface area is 167 Å². The molecule has 5 aromatic heterocycles. The summed E-state index contributed by atoms with van der Waals surface area (Å²) < 4.78 is 12.0. The molecule has 0 saturated carbocycles. The number of carbonyl (C=O) groups excluding carboxylic acids is 1. The fraction of sp³-hybridized carbons (Fsp3) is 0.0500. The van der Waals surface area contributed by atoms with E-state index in [9.17, 15) is 4.79 Å². The number of nitrogens with zero attached hydrogens (tertiary/aromatic N) is 2. The van der Waals surface area contributed by atoms with E-state index in [0.717, 1.165) is 37.2 Å². The van der Waals surface area contributed by atoms with E-state index in [2.05, 4.69) is 9.97 Å². The van der Waals surface area contributed by atoms with Crippen LogP contribution in [0.4, 0.5) is 5.82 Å². The highest BCUT2D eigenvalue weighted by atomic mass is 32.1. The SMILES string of the molecule is COC(=O)c1csc(-c2cnc(N)c3oc(-c4csc5cnccc45)cc23)c1. The molecule has 0 amide bonds. The molecule has 0 bridgehead atoms. The number of pyridine rings is 2. The number of carbonyl (C=O) groups is 1. The van der Waals surface area contributed by atoms with Crippen molar-refractivity contribution in [3.05, 3.63) is 53.1 Å². The number of esters is 1. The molecule has 0 aromatic carbocycles. The van der Waals surface area contributed by atoms with E-state index in [0.29, 0.717) is 17.0 Å². The van der Waals surface area contributed by atoms with Gasteiger partial charge in [-0.2, -0.15) is 0 Å². The van der Waals surface area contributed by atoms with Crippen LogP contribution in [0.5, 0.6) is 0 Å². The lowest BCUT2D eigenvalue weighted by atomic mass is 10.1. The van der Waals surface area contributed by atoms with Crippen molar-refractivity contribution in [2.75, 3.05) is 12.8 Å². The number of rotatable bonds is 3. The van der Waals surface area contributed by atoms with E-state index in [4.69, 9.17) is 14.9 Å². The number of nitrogens with two attached hydrogens (primary N) is 1. The van der Waals surface area contributed by atoms with Crippen molar-refractivity contribution in [2.45, 2.75) is 0 Å². The van der Waals surface area contributed by atoms with Crippen LogP contribution in [0.2, 0.25) is 0 Å². The molecule has 0 atom stereocenters. The summed E-state index contributed by atoms with van der Waals surface area (Å²) in [5.41, 5.74) is 8.97. The summed E-state index contributed by atoms with van der Waals surface area (Å²) in [5, 5.41) is 5.75. The van der Waals surface area contributed by atoms with Gasteiger partial charge in [0.05, 0.1) is 17.4 Å². The van der Waals surface area contributed by atoms with Gasteiger partial charge in [-0.25, -0.2) is 9.78 Å². The Kier molecular flexibility index (Phi) is 3.88. The summed E-state index contributed by atoms with van der Waals surface area (Å²) in [6, 6.07) is 5.74. The van der Waals surface area contributed by atoms with Crippen LogP contribution in [0.25, 0.3) is 42.8 Å². The Balaban J connectivity index is 1.69. The van der Waals surface area contributed by atoms with Gasteiger partial charge in [-0.3, -0.25) is 4.98 Å². The van der Waals surface area contributed by atoms with Crippen LogP contribution < -0.4 is 5.73 Å². The first-order valence-corrected chi connectivity index (χ1v) is 10.1. The van der Waals surface area contributed by atoms with Crippen molar-refractivity contribution >= 4 is 55.5 Å². The van der Waals surface area contributed by atoms with E-state index in [1.807, 2.05) is 23.7 Å². The Morgan fingerprint density at radius 3 is 2.89 bits per heavy atom. The van der Waals surface area contributed by atoms with E-state index in [1.165, 1.54) is 18.4 Å². The number of ether oxygens (including phenoxy) is 1. The molecule has 2 N–H and O–H groups in total. The summed E-state index contributed by atoms with van der Waals surface area (Å²) in [4.78, 5) is 21.1. The summed E-state index contributed by atoms with van der Waals surface area (Å²) in [5.74, 6) is 0.683. The highest BCUT2D eigenvalue weighted by molar-refractivity contribution is 7.17. The molecule has 0 radical (unpaired) electrons. The lowest BCUT2D eigenvalue weighted by Gasteiger charge is -2.00. The first-order chi connectivity index (χ1) is 13.7. The number of methoxy groups -OCH3 is 1. The molecular formula is C20H13N3O3S2. The molecule has 5 rings (SSSR count). The predicted molar refractivity (Wildman–Crippen MR) is 112 cm³/mol. The molecule has 5 heterocycles. The molecule has 28 heavy (non-hydrogen) atoms. The maximum absolute atomic E-state index is 11.8. The third-order valence-corrected chi connectivity index (χ3v) is 6.41. The minimum Gasteiger partial charge on any atom is -0.465 e.